The van der Waals surface area contributed by atoms with Crippen molar-refractivity contribution in [3.63, 3.8) is 0 Å². The number of hydrogen-bond acceptors (Lipinski definition) is 3. The molecule has 0 aliphatic carbocycles. The monoisotopic (exact) mass is 334 g/mol. The highest BCUT2D eigenvalue weighted by atomic mass is 16.1. The van der Waals surface area contributed by atoms with Crippen LogP contribution in [0.5, 0.6) is 0 Å². The zero-order valence-electron chi connectivity index (χ0n) is 14.4. The van der Waals surface area contributed by atoms with Gasteiger partial charge < -0.3 is 9.88 Å². The molecule has 0 unspecified atom stereocenters. The van der Waals surface area contributed by atoms with Gasteiger partial charge in [-0.15, -0.1) is 0 Å². The first-order chi connectivity index (χ1) is 12.3. The van der Waals surface area contributed by atoms with E-state index in [0.29, 0.717) is 11.5 Å². The molecule has 3 aromatic rings. The van der Waals surface area contributed by atoms with E-state index in [1.165, 1.54) is 11.1 Å². The lowest BCUT2D eigenvalue weighted by molar-refractivity contribution is 0.102. The van der Waals surface area contributed by atoms with Crippen molar-refractivity contribution in [1.29, 1.82) is 0 Å². The molecule has 1 amide bonds. The summed E-state index contributed by atoms with van der Waals surface area (Å²) in [5.74, 6) is 0.496. The Hall–Kier alpha value is -2.66. The molecule has 0 spiro atoms. The Labute approximate surface area is 147 Å². The highest BCUT2D eigenvalue weighted by molar-refractivity contribution is 6.04. The third-order valence-corrected chi connectivity index (χ3v) is 4.81. The first-order valence-corrected chi connectivity index (χ1v) is 8.85. The Bertz CT molecular complexity index is 929. The number of rotatable bonds is 3. The number of benzene rings is 2. The maximum absolute atomic E-state index is 12.8. The van der Waals surface area contributed by atoms with Gasteiger partial charge in [0.05, 0.1) is 11.0 Å². The summed E-state index contributed by atoms with van der Waals surface area (Å²) in [6.07, 6.45) is 1.98. The lowest BCUT2D eigenvalue weighted by atomic mass is 10.00. The highest BCUT2D eigenvalue weighted by Crippen LogP contribution is 2.21. The minimum atomic E-state index is -0.106. The van der Waals surface area contributed by atoms with Crippen LogP contribution < -0.4 is 10.6 Å². The predicted octanol–water partition coefficient (Wildman–Crippen LogP) is 3.00. The van der Waals surface area contributed by atoms with Gasteiger partial charge in [-0.2, -0.15) is 0 Å². The molecule has 5 heteroatoms. The molecule has 0 fully saturated rings. The lowest BCUT2D eigenvalue weighted by Gasteiger charge is -2.10. The third kappa shape index (κ3) is 3.03. The van der Waals surface area contributed by atoms with Crippen LogP contribution in [0.1, 0.15) is 28.4 Å². The van der Waals surface area contributed by atoms with Gasteiger partial charge >= 0.3 is 0 Å². The molecule has 128 valence electrons. The van der Waals surface area contributed by atoms with E-state index in [9.17, 15) is 4.79 Å². The molecular weight excluding hydrogens is 312 g/mol. The summed E-state index contributed by atoms with van der Waals surface area (Å²) < 4.78 is 2.03. The molecule has 0 saturated carbocycles. The minimum absolute atomic E-state index is 0.106. The van der Waals surface area contributed by atoms with Crippen LogP contribution in [-0.4, -0.2) is 28.5 Å². The number of anilines is 1. The van der Waals surface area contributed by atoms with Gasteiger partial charge in [-0.25, -0.2) is 4.98 Å². The predicted molar refractivity (Wildman–Crippen MR) is 100 cm³/mol. The maximum Gasteiger partial charge on any atom is 0.257 e. The van der Waals surface area contributed by atoms with Crippen LogP contribution in [0.3, 0.4) is 0 Å². The standard InChI is InChI=1S/C20H22N4O/c1-2-24-18-6-4-3-5-17(18)22-20(24)23-19(25)16-8-7-14-9-11-21-12-10-15(14)13-16/h3-8,13,21H,2,9-12H2,1H3,(H,22,23,25). The Morgan fingerprint density at radius 2 is 1.96 bits per heavy atom. The van der Waals surface area contributed by atoms with Crippen LogP contribution >= 0.6 is 0 Å². The molecule has 4 rings (SSSR count). The fraction of sp³-hybridized carbons (Fsp3) is 0.300. The van der Waals surface area contributed by atoms with E-state index in [4.69, 9.17) is 0 Å². The van der Waals surface area contributed by atoms with E-state index in [1.54, 1.807) is 0 Å². The molecule has 2 N–H and O–H groups in total. The van der Waals surface area contributed by atoms with Crippen molar-refractivity contribution < 1.29 is 4.79 Å². The van der Waals surface area contributed by atoms with Crippen LogP contribution in [0, 0.1) is 0 Å². The van der Waals surface area contributed by atoms with Crippen molar-refractivity contribution in [1.82, 2.24) is 14.9 Å². The SMILES string of the molecule is CCn1c(NC(=O)c2ccc3c(c2)CCNCC3)nc2ccccc21. The molecule has 0 radical (unpaired) electrons. The van der Waals surface area contributed by atoms with Gasteiger partial charge in [0.25, 0.3) is 5.91 Å². The van der Waals surface area contributed by atoms with Gasteiger partial charge in [-0.1, -0.05) is 18.2 Å². The van der Waals surface area contributed by atoms with E-state index >= 15 is 0 Å². The van der Waals surface area contributed by atoms with Crippen molar-refractivity contribution in [3.8, 4) is 0 Å². The molecule has 1 aromatic heterocycles. The molecule has 0 saturated heterocycles. The number of amides is 1. The number of carbonyl (C=O) groups excluding carboxylic acids is 1. The average Bonchev–Trinajstić information content (AvgIpc) is 2.81. The average molecular weight is 334 g/mol. The quantitative estimate of drug-likeness (QED) is 0.774. The van der Waals surface area contributed by atoms with E-state index < -0.39 is 0 Å². The van der Waals surface area contributed by atoms with Gasteiger partial charge in [-0.05, 0) is 68.2 Å². The molecule has 2 heterocycles. The number of hydrogen-bond donors (Lipinski definition) is 2. The number of nitrogens with zero attached hydrogens (tertiary/aromatic N) is 2. The zero-order valence-corrected chi connectivity index (χ0v) is 14.4. The third-order valence-electron chi connectivity index (χ3n) is 4.81. The van der Waals surface area contributed by atoms with Gasteiger partial charge in [0.1, 0.15) is 0 Å². The summed E-state index contributed by atoms with van der Waals surface area (Å²) in [6, 6.07) is 14.0. The van der Waals surface area contributed by atoms with E-state index in [1.807, 2.05) is 41.0 Å². The van der Waals surface area contributed by atoms with Crippen molar-refractivity contribution in [2.75, 3.05) is 18.4 Å². The van der Waals surface area contributed by atoms with Crippen molar-refractivity contribution in [2.24, 2.45) is 0 Å². The van der Waals surface area contributed by atoms with Crippen LogP contribution in [0.25, 0.3) is 11.0 Å². The van der Waals surface area contributed by atoms with E-state index in [-0.39, 0.29) is 5.91 Å². The molecule has 25 heavy (non-hydrogen) atoms. The van der Waals surface area contributed by atoms with Crippen LogP contribution in [-0.2, 0) is 19.4 Å². The van der Waals surface area contributed by atoms with Crippen LogP contribution in [0.15, 0.2) is 42.5 Å². The Balaban J connectivity index is 1.63. The second kappa shape index (κ2) is 6.69. The molecule has 0 bridgehead atoms. The van der Waals surface area contributed by atoms with E-state index in [0.717, 1.165) is 43.5 Å². The minimum Gasteiger partial charge on any atom is -0.316 e. The largest absolute Gasteiger partial charge is 0.316 e. The molecule has 1 aliphatic heterocycles. The number of para-hydroxylation sites is 2. The fourth-order valence-corrected chi connectivity index (χ4v) is 3.48. The zero-order chi connectivity index (χ0) is 17.2. The highest BCUT2D eigenvalue weighted by Gasteiger charge is 2.15. The Morgan fingerprint density at radius 1 is 1.16 bits per heavy atom. The first kappa shape index (κ1) is 15.8. The second-order valence-electron chi connectivity index (χ2n) is 6.36. The summed E-state index contributed by atoms with van der Waals surface area (Å²) >= 11 is 0. The number of aryl methyl sites for hydroxylation is 1. The smallest absolute Gasteiger partial charge is 0.257 e. The van der Waals surface area contributed by atoms with Gasteiger partial charge in [-0.3, -0.25) is 10.1 Å². The topological polar surface area (TPSA) is 59.0 Å². The normalized spacial score (nSPS) is 14.1. The number of imidazole rings is 1. The Kier molecular flexibility index (Phi) is 4.24. The lowest BCUT2D eigenvalue weighted by Crippen LogP contribution is -2.16. The molecule has 2 aromatic carbocycles. The second-order valence-corrected chi connectivity index (χ2v) is 6.36. The van der Waals surface area contributed by atoms with Crippen LogP contribution in [0.2, 0.25) is 0 Å². The summed E-state index contributed by atoms with van der Waals surface area (Å²) in [6.45, 7) is 4.77. The van der Waals surface area contributed by atoms with Crippen molar-refractivity contribution in [2.45, 2.75) is 26.3 Å². The molecule has 1 aliphatic rings. The summed E-state index contributed by atoms with van der Waals surface area (Å²) in [5, 5.41) is 6.39. The number of nitrogens with one attached hydrogen (secondary N) is 2. The number of carbonyl (C=O) groups is 1. The molecule has 5 nitrogen and oxygen atoms in total. The van der Waals surface area contributed by atoms with Gasteiger partial charge in [0.2, 0.25) is 5.95 Å². The molecule has 0 atom stereocenters. The maximum atomic E-state index is 12.8. The summed E-state index contributed by atoms with van der Waals surface area (Å²) in [7, 11) is 0. The number of fused-ring (bicyclic) bond motifs is 2. The van der Waals surface area contributed by atoms with Crippen LogP contribution in [0.4, 0.5) is 5.95 Å². The number of aromatic nitrogens is 2. The summed E-state index contributed by atoms with van der Waals surface area (Å²) in [4.78, 5) is 17.3. The van der Waals surface area contributed by atoms with E-state index in [2.05, 4.69) is 28.6 Å². The van der Waals surface area contributed by atoms with Gasteiger partial charge in [0, 0.05) is 12.1 Å². The van der Waals surface area contributed by atoms with Gasteiger partial charge in [0.15, 0.2) is 0 Å². The summed E-state index contributed by atoms with van der Waals surface area (Å²) in [5.41, 5.74) is 5.22. The van der Waals surface area contributed by atoms with Crippen molar-refractivity contribution >= 4 is 22.9 Å². The fourth-order valence-electron chi connectivity index (χ4n) is 3.48. The molecular formula is C20H22N4O. The Morgan fingerprint density at radius 3 is 2.80 bits per heavy atom. The first-order valence-electron chi connectivity index (χ1n) is 8.85. The van der Waals surface area contributed by atoms with Crippen molar-refractivity contribution in [3.05, 3.63) is 59.2 Å².